The van der Waals surface area contributed by atoms with E-state index in [-0.39, 0.29) is 0 Å². The van der Waals surface area contributed by atoms with Gasteiger partial charge in [0.2, 0.25) is 11.9 Å². The first kappa shape index (κ1) is 39.6. The van der Waals surface area contributed by atoms with E-state index >= 15 is 0 Å². The van der Waals surface area contributed by atoms with Gasteiger partial charge in [-0.15, -0.1) is 0 Å². The van der Waals surface area contributed by atoms with E-state index in [1.165, 1.54) is 0 Å². The van der Waals surface area contributed by atoms with Gasteiger partial charge in [-0.3, -0.25) is 9.63 Å². The Hall–Kier alpha value is -6.17. The summed E-state index contributed by atoms with van der Waals surface area (Å²) in [5.41, 5.74) is 8.92. The summed E-state index contributed by atoms with van der Waals surface area (Å²) in [7, 11) is 3.99. The number of β-amino-alcohol motifs (C(OH)–C–C–N with tert-alkyl or cyclic N) is 1. The number of rotatable bonds is 9. The van der Waals surface area contributed by atoms with E-state index in [9.17, 15) is 9.90 Å². The molecule has 1 aliphatic rings. The molecule has 8 aromatic rings. The second kappa shape index (κ2) is 16.2. The first-order chi connectivity index (χ1) is 28.4. The first-order valence-electron chi connectivity index (χ1n) is 18.7. The smallest absolute Gasteiger partial charge is 0.229 e. The highest BCUT2D eigenvalue weighted by atomic mass is 35.5. The average Bonchev–Trinajstić information content (AvgIpc) is 4.03. The monoisotopic (exact) mass is 833 g/mol. The maximum Gasteiger partial charge on any atom is 0.229 e. The number of aliphatic hydroxyl groups excluding tert-OH is 1. The number of hydrogen-bond acceptors (Lipinski definition) is 12. The topological polar surface area (TPSA) is 171 Å². The van der Waals surface area contributed by atoms with Gasteiger partial charge >= 0.3 is 0 Å². The standard InChI is InChI=1S/C22H24ClN7O2.C19H17ClN6O/c1-13-15(9-29-11-17(31)12-32-29)10-30(27-13)20-6-7-24-22(26-20)25-16-4-5-19-18(8-16)21(23)14(2)28(19)3;1-11-13(10-27)9-26(24-11)17-6-7-21-19(23-17)22-14-4-5-16-15(8-14)18(20)12(2)25(16)3/h4-8,10,17,31H,9,11-12H2,1-3H3,(H,24,25,26);4-10H,1-3H3,(H,21,22,23)/t17-;/m0./s1. The van der Waals surface area contributed by atoms with Gasteiger partial charge in [-0.1, -0.05) is 23.2 Å². The van der Waals surface area contributed by atoms with Crippen LogP contribution in [0.15, 0.2) is 73.3 Å². The van der Waals surface area contributed by atoms with Crippen LogP contribution in [0.3, 0.4) is 0 Å². The molecular weight excluding hydrogens is 793 g/mol. The predicted molar refractivity (Wildman–Crippen MR) is 227 cm³/mol. The van der Waals surface area contributed by atoms with Crippen LogP contribution in [-0.4, -0.2) is 84.3 Å². The summed E-state index contributed by atoms with van der Waals surface area (Å²) in [5, 5.41) is 30.2. The fourth-order valence-electron chi connectivity index (χ4n) is 6.85. The van der Waals surface area contributed by atoms with Crippen LogP contribution in [0.5, 0.6) is 0 Å². The van der Waals surface area contributed by atoms with Crippen molar-refractivity contribution in [3.63, 3.8) is 0 Å². The molecule has 0 aliphatic carbocycles. The molecule has 302 valence electrons. The third-order valence-corrected chi connectivity index (χ3v) is 11.3. The second-order valence-corrected chi connectivity index (χ2v) is 15.1. The molecule has 6 aromatic heterocycles. The lowest BCUT2D eigenvalue weighted by Gasteiger charge is -2.12. The minimum absolute atomic E-state index is 0.327. The molecule has 0 amide bonds. The van der Waals surface area contributed by atoms with E-state index in [0.29, 0.717) is 54.5 Å². The van der Waals surface area contributed by atoms with Crippen LogP contribution in [-0.2, 0) is 25.5 Å². The van der Waals surface area contributed by atoms with Crippen molar-refractivity contribution in [2.45, 2.75) is 40.3 Å². The molecule has 9 rings (SSSR count). The summed E-state index contributed by atoms with van der Waals surface area (Å²) < 4.78 is 7.42. The van der Waals surface area contributed by atoms with E-state index in [2.05, 4.69) is 49.9 Å². The summed E-state index contributed by atoms with van der Waals surface area (Å²) in [5.74, 6) is 2.11. The molecule has 3 N–H and O–H groups in total. The summed E-state index contributed by atoms with van der Waals surface area (Å²) in [6.45, 7) is 9.08. The molecule has 0 spiro atoms. The Bertz CT molecular complexity index is 2860. The Balaban J connectivity index is 0.000000167. The molecule has 0 bridgehead atoms. The number of nitrogens with zero attached hydrogens (tertiary/aromatic N) is 11. The zero-order valence-corrected chi connectivity index (χ0v) is 34.7. The van der Waals surface area contributed by atoms with Crippen LogP contribution < -0.4 is 10.6 Å². The molecule has 0 unspecified atom stereocenters. The molecule has 1 aliphatic heterocycles. The van der Waals surface area contributed by atoms with E-state index < -0.39 is 6.10 Å². The van der Waals surface area contributed by atoms with Gasteiger partial charge in [-0.25, -0.2) is 19.3 Å². The minimum atomic E-state index is -0.449. The molecule has 16 nitrogen and oxygen atoms in total. The third-order valence-electron chi connectivity index (χ3n) is 10.4. The number of fused-ring (bicyclic) bond motifs is 2. The number of aliphatic hydroxyl groups is 1. The number of hydrogen-bond donors (Lipinski definition) is 3. The summed E-state index contributed by atoms with van der Waals surface area (Å²) >= 11 is 12.9. The van der Waals surface area contributed by atoms with Gasteiger partial charge in [0.15, 0.2) is 17.9 Å². The SMILES string of the molecule is Cc1nn(-c2ccnc(Nc3ccc4c(c3)c(Cl)c(C)n4C)n2)cc1C=O.Cc1nn(-c2ccnc(Nc3ccc4c(c3)c(Cl)c(C)n4C)n2)cc1CN1C[C@H](O)CO1. The molecule has 0 saturated carbocycles. The largest absolute Gasteiger partial charge is 0.389 e. The summed E-state index contributed by atoms with van der Waals surface area (Å²) in [6.07, 6.45) is 7.23. The van der Waals surface area contributed by atoms with Gasteiger partial charge in [0.05, 0.1) is 52.8 Å². The van der Waals surface area contributed by atoms with Crippen LogP contribution in [0, 0.1) is 27.7 Å². The molecule has 59 heavy (non-hydrogen) atoms. The van der Waals surface area contributed by atoms with Crippen molar-refractivity contribution in [2.75, 3.05) is 23.8 Å². The number of hydroxylamine groups is 2. The molecule has 1 saturated heterocycles. The fourth-order valence-corrected chi connectivity index (χ4v) is 7.41. The zero-order chi connectivity index (χ0) is 41.5. The van der Waals surface area contributed by atoms with E-state index in [4.69, 9.17) is 28.0 Å². The number of aromatic nitrogens is 10. The lowest BCUT2D eigenvalue weighted by Crippen LogP contribution is -2.20. The van der Waals surface area contributed by atoms with Crippen LogP contribution in [0.1, 0.15) is 38.7 Å². The van der Waals surface area contributed by atoms with Gasteiger partial charge in [0.25, 0.3) is 0 Å². The number of anilines is 4. The lowest BCUT2D eigenvalue weighted by atomic mass is 10.2. The van der Waals surface area contributed by atoms with Crippen molar-refractivity contribution in [3.05, 3.63) is 117 Å². The third kappa shape index (κ3) is 8.00. The Morgan fingerprint density at radius 2 is 1.31 bits per heavy atom. The van der Waals surface area contributed by atoms with Crippen molar-refractivity contribution in [2.24, 2.45) is 14.1 Å². The van der Waals surface area contributed by atoms with Crippen LogP contribution >= 0.6 is 23.2 Å². The van der Waals surface area contributed by atoms with Gasteiger partial charge < -0.3 is 24.9 Å². The number of carbonyl (C=O) groups is 1. The first-order valence-corrected chi connectivity index (χ1v) is 19.4. The summed E-state index contributed by atoms with van der Waals surface area (Å²) in [4.78, 5) is 34.2. The van der Waals surface area contributed by atoms with Gasteiger partial charge in [-0.05, 0) is 64.1 Å². The van der Waals surface area contributed by atoms with Crippen LogP contribution in [0.25, 0.3) is 33.4 Å². The Morgan fingerprint density at radius 3 is 1.80 bits per heavy atom. The fraction of sp³-hybridized carbons (Fsp3) is 0.244. The predicted octanol–water partition coefficient (Wildman–Crippen LogP) is 7.26. The molecular formula is C41H41Cl2N13O3. The van der Waals surface area contributed by atoms with Crippen molar-refractivity contribution in [3.8, 4) is 11.6 Å². The number of carbonyl (C=O) groups excluding carboxylic acids is 1. The molecule has 18 heteroatoms. The average molecular weight is 835 g/mol. The highest BCUT2D eigenvalue weighted by Crippen LogP contribution is 2.33. The summed E-state index contributed by atoms with van der Waals surface area (Å²) in [6, 6.07) is 15.5. The maximum absolute atomic E-state index is 11.0. The highest BCUT2D eigenvalue weighted by molar-refractivity contribution is 6.37. The number of nitrogens with one attached hydrogen (secondary N) is 2. The van der Waals surface area contributed by atoms with E-state index in [0.717, 1.165) is 72.2 Å². The minimum Gasteiger partial charge on any atom is -0.389 e. The number of aldehydes is 1. The zero-order valence-electron chi connectivity index (χ0n) is 33.1. The highest BCUT2D eigenvalue weighted by Gasteiger charge is 2.23. The van der Waals surface area contributed by atoms with E-state index in [1.54, 1.807) is 52.1 Å². The maximum atomic E-state index is 11.0. The Kier molecular flexibility index (Phi) is 10.9. The normalized spacial score (nSPS) is 14.2. The van der Waals surface area contributed by atoms with Gasteiger partial charge in [-0.2, -0.15) is 25.2 Å². The number of halogens is 2. The van der Waals surface area contributed by atoms with Crippen molar-refractivity contribution in [1.82, 2.24) is 53.7 Å². The quantitative estimate of drug-likeness (QED) is 0.125. The van der Waals surface area contributed by atoms with Crippen molar-refractivity contribution in [1.29, 1.82) is 0 Å². The molecule has 1 atom stereocenters. The van der Waals surface area contributed by atoms with Crippen LogP contribution in [0.4, 0.5) is 23.3 Å². The molecule has 7 heterocycles. The van der Waals surface area contributed by atoms with E-state index in [1.807, 2.05) is 77.5 Å². The Labute approximate surface area is 349 Å². The van der Waals surface area contributed by atoms with Crippen molar-refractivity contribution < 1.29 is 14.7 Å². The number of benzene rings is 2. The molecule has 2 aromatic carbocycles. The molecule has 0 radical (unpaired) electrons. The van der Waals surface area contributed by atoms with Gasteiger partial charge in [0, 0.05) is 101 Å². The second-order valence-electron chi connectivity index (χ2n) is 14.3. The number of aryl methyl sites for hydroxylation is 4. The lowest BCUT2D eigenvalue weighted by molar-refractivity contribution is -0.118. The Morgan fingerprint density at radius 1 is 0.780 bits per heavy atom. The molecule has 1 fully saturated rings. The van der Waals surface area contributed by atoms with Gasteiger partial charge in [0.1, 0.15) is 0 Å². The van der Waals surface area contributed by atoms with Crippen LogP contribution in [0.2, 0.25) is 10.0 Å². The van der Waals surface area contributed by atoms with Crippen molar-refractivity contribution >= 4 is 74.6 Å².